The Labute approximate surface area is 136 Å². The van der Waals surface area contributed by atoms with E-state index in [0.29, 0.717) is 4.90 Å². The molecule has 0 aliphatic carbocycles. The lowest BCUT2D eigenvalue weighted by Crippen LogP contribution is -2.46. The molecular weight excluding hydrogens is 355 g/mol. The van der Waals surface area contributed by atoms with Crippen molar-refractivity contribution >= 4 is 21.9 Å². The van der Waals surface area contributed by atoms with Crippen molar-refractivity contribution in [2.24, 2.45) is 5.41 Å². The summed E-state index contributed by atoms with van der Waals surface area (Å²) in [6.07, 6.45) is -7.12. The average molecular weight is 373 g/mol. The van der Waals surface area contributed by atoms with Crippen molar-refractivity contribution in [3.05, 3.63) is 0 Å². The van der Waals surface area contributed by atoms with Crippen LogP contribution < -0.4 is 0 Å². The van der Waals surface area contributed by atoms with Crippen LogP contribution in [0.3, 0.4) is 0 Å². The van der Waals surface area contributed by atoms with Gasteiger partial charge in [0.2, 0.25) is 0 Å². The number of fused-ring (bicyclic) bond motifs is 1. The summed E-state index contributed by atoms with van der Waals surface area (Å²) in [5.41, 5.74) is -3.74. The molecule has 0 radical (unpaired) electrons. The van der Waals surface area contributed by atoms with Gasteiger partial charge < -0.3 is 14.7 Å². The number of aliphatic carboxylic acids is 1. The van der Waals surface area contributed by atoms with E-state index in [1.807, 2.05) is 0 Å². The molecule has 0 saturated carbocycles. The Bertz CT molecular complexity index is 668. The Morgan fingerprint density at radius 2 is 1.79 bits per heavy atom. The summed E-state index contributed by atoms with van der Waals surface area (Å²) < 4.78 is 70.4. The van der Waals surface area contributed by atoms with Gasteiger partial charge in [-0.1, -0.05) is 0 Å². The van der Waals surface area contributed by atoms with Crippen LogP contribution in [-0.4, -0.2) is 65.9 Å². The first-order valence-electron chi connectivity index (χ1n) is 7.12. The molecular formula is C13H18F3NO6S. The second kappa shape index (κ2) is 5.24. The maximum Gasteiger partial charge on any atom is 0.410 e. The molecule has 2 fully saturated rings. The van der Waals surface area contributed by atoms with Crippen molar-refractivity contribution in [1.82, 2.24) is 4.90 Å². The van der Waals surface area contributed by atoms with Gasteiger partial charge in [0.05, 0.1) is 5.25 Å². The first kappa shape index (κ1) is 18.8. The lowest BCUT2D eigenvalue weighted by Gasteiger charge is -2.30. The van der Waals surface area contributed by atoms with Crippen LogP contribution in [0.1, 0.15) is 27.2 Å². The molecule has 0 aromatic carbocycles. The molecule has 2 saturated heterocycles. The highest BCUT2D eigenvalue weighted by atomic mass is 32.2. The number of hydrogen-bond acceptors (Lipinski definition) is 5. The zero-order chi connectivity index (χ0) is 18.7. The summed E-state index contributed by atoms with van der Waals surface area (Å²) in [4.78, 5) is 23.8. The van der Waals surface area contributed by atoms with E-state index in [4.69, 9.17) is 9.84 Å². The van der Waals surface area contributed by atoms with E-state index >= 15 is 0 Å². The standard InChI is InChI=1S/C13H18F3NO6S/c1-11(2,3)23-10(20)17-5-8-12(6-17,13(14,15)16)4-7(9(18)19)24(8,21)22/h7-8H,4-6H2,1-3H3,(H,18,19)/t7?,8-,12-/m0/s1. The fraction of sp³-hybridized carbons (Fsp3) is 0.846. The fourth-order valence-corrected chi connectivity index (χ4v) is 5.75. The minimum absolute atomic E-state index is 0.693. The van der Waals surface area contributed by atoms with Gasteiger partial charge in [0, 0.05) is 13.1 Å². The van der Waals surface area contributed by atoms with E-state index < -0.39 is 69.1 Å². The van der Waals surface area contributed by atoms with E-state index in [0.717, 1.165) is 0 Å². The molecule has 7 nitrogen and oxygen atoms in total. The molecule has 2 heterocycles. The fourth-order valence-electron chi connectivity index (χ4n) is 3.22. The van der Waals surface area contributed by atoms with Crippen LogP contribution in [0.25, 0.3) is 0 Å². The molecule has 1 N–H and O–H groups in total. The van der Waals surface area contributed by atoms with Crippen molar-refractivity contribution in [2.45, 2.75) is 49.5 Å². The Morgan fingerprint density at radius 3 is 2.17 bits per heavy atom. The van der Waals surface area contributed by atoms with E-state index in [9.17, 15) is 31.2 Å². The Balaban J connectivity index is 2.41. The maximum absolute atomic E-state index is 13.6. The van der Waals surface area contributed by atoms with Crippen LogP contribution in [0.2, 0.25) is 0 Å². The number of carboxylic acid groups (broad SMARTS) is 1. The van der Waals surface area contributed by atoms with Gasteiger partial charge in [0.15, 0.2) is 15.1 Å². The molecule has 1 amide bonds. The normalized spacial score (nSPS) is 32.5. The second-order valence-corrected chi connectivity index (χ2v) is 9.44. The van der Waals surface area contributed by atoms with Crippen LogP contribution in [0, 0.1) is 5.41 Å². The summed E-state index contributed by atoms with van der Waals surface area (Å²) in [6.45, 7) is 2.91. The summed E-state index contributed by atoms with van der Waals surface area (Å²) in [5.74, 6) is -1.81. The van der Waals surface area contributed by atoms with Gasteiger partial charge in [-0.25, -0.2) is 13.2 Å². The molecule has 2 aliphatic rings. The van der Waals surface area contributed by atoms with Crippen molar-refractivity contribution in [3.8, 4) is 0 Å². The highest BCUT2D eigenvalue weighted by molar-refractivity contribution is 7.93. The molecule has 0 bridgehead atoms. The number of sulfone groups is 1. The zero-order valence-corrected chi connectivity index (χ0v) is 14.1. The summed E-state index contributed by atoms with van der Waals surface area (Å²) >= 11 is 0. The Hall–Kier alpha value is -1.52. The second-order valence-electron chi connectivity index (χ2n) is 7.12. The van der Waals surface area contributed by atoms with Crippen LogP contribution in [0.15, 0.2) is 0 Å². The van der Waals surface area contributed by atoms with Crippen molar-refractivity contribution in [1.29, 1.82) is 0 Å². The SMILES string of the molecule is CC(C)(C)OC(=O)N1C[C@H]2[C@](C(F)(F)F)(CC(C(=O)O)S2(=O)=O)C1. The molecule has 0 aromatic heterocycles. The van der Waals surface area contributed by atoms with Crippen LogP contribution in [0.5, 0.6) is 0 Å². The van der Waals surface area contributed by atoms with E-state index in [1.165, 1.54) is 20.8 Å². The molecule has 0 spiro atoms. The van der Waals surface area contributed by atoms with Crippen molar-refractivity contribution in [3.63, 3.8) is 0 Å². The molecule has 11 heteroatoms. The number of rotatable bonds is 1. The van der Waals surface area contributed by atoms with E-state index in [1.54, 1.807) is 0 Å². The quantitative estimate of drug-likeness (QED) is 0.746. The number of nitrogens with zero attached hydrogens (tertiary/aromatic N) is 1. The number of alkyl halides is 3. The minimum Gasteiger partial charge on any atom is -0.480 e. The minimum atomic E-state index is -4.97. The molecule has 1 unspecified atom stereocenters. The number of ether oxygens (including phenoxy) is 1. The molecule has 3 atom stereocenters. The predicted molar refractivity (Wildman–Crippen MR) is 75.0 cm³/mol. The smallest absolute Gasteiger partial charge is 0.410 e. The van der Waals surface area contributed by atoms with E-state index in [2.05, 4.69) is 0 Å². The van der Waals surface area contributed by atoms with Gasteiger partial charge in [-0.05, 0) is 27.2 Å². The number of halogens is 3. The number of amides is 1. The third kappa shape index (κ3) is 2.82. The average Bonchev–Trinajstić information content (AvgIpc) is 2.82. The molecule has 2 rings (SSSR count). The topological polar surface area (TPSA) is 101 Å². The number of likely N-dealkylation sites (tertiary alicyclic amines) is 1. The van der Waals surface area contributed by atoms with Gasteiger partial charge in [-0.15, -0.1) is 0 Å². The molecule has 0 aromatic rings. The van der Waals surface area contributed by atoms with Crippen LogP contribution >= 0.6 is 0 Å². The van der Waals surface area contributed by atoms with Gasteiger partial charge in [-0.2, -0.15) is 13.2 Å². The lowest BCUT2D eigenvalue weighted by molar-refractivity contribution is -0.217. The zero-order valence-electron chi connectivity index (χ0n) is 13.3. The number of carbonyl (C=O) groups excluding carboxylic acids is 1. The lowest BCUT2D eigenvalue weighted by atomic mass is 9.81. The largest absolute Gasteiger partial charge is 0.480 e. The molecule has 24 heavy (non-hydrogen) atoms. The third-order valence-corrected chi connectivity index (χ3v) is 6.86. The molecule has 2 aliphatic heterocycles. The number of carboxylic acids is 1. The van der Waals surface area contributed by atoms with Crippen LogP contribution in [-0.2, 0) is 19.4 Å². The molecule has 138 valence electrons. The Morgan fingerprint density at radius 1 is 1.25 bits per heavy atom. The predicted octanol–water partition coefficient (Wildman–Crippen LogP) is 1.43. The monoisotopic (exact) mass is 373 g/mol. The third-order valence-electron chi connectivity index (χ3n) is 4.31. The maximum atomic E-state index is 13.6. The highest BCUT2D eigenvalue weighted by Crippen LogP contribution is 2.57. The van der Waals surface area contributed by atoms with Gasteiger partial charge >= 0.3 is 18.2 Å². The van der Waals surface area contributed by atoms with Crippen LogP contribution in [0.4, 0.5) is 18.0 Å². The summed E-state index contributed by atoms with van der Waals surface area (Å²) in [5, 5.41) is 4.84. The van der Waals surface area contributed by atoms with Crippen molar-refractivity contribution in [2.75, 3.05) is 13.1 Å². The summed E-state index contributed by atoms with van der Waals surface area (Å²) in [6, 6.07) is 0. The first-order valence-corrected chi connectivity index (χ1v) is 8.73. The van der Waals surface area contributed by atoms with Gasteiger partial charge in [0.1, 0.15) is 11.0 Å². The highest BCUT2D eigenvalue weighted by Gasteiger charge is 2.74. The van der Waals surface area contributed by atoms with Crippen molar-refractivity contribution < 1.29 is 41.0 Å². The number of carbonyl (C=O) groups is 2. The van der Waals surface area contributed by atoms with E-state index in [-0.39, 0.29) is 0 Å². The first-order chi connectivity index (χ1) is 10.6. The van der Waals surface area contributed by atoms with Gasteiger partial charge in [-0.3, -0.25) is 4.79 Å². The Kier molecular flexibility index (Phi) is 4.10. The summed E-state index contributed by atoms with van der Waals surface area (Å²) in [7, 11) is -4.58. The van der Waals surface area contributed by atoms with Gasteiger partial charge in [0.25, 0.3) is 0 Å². The number of hydrogen-bond donors (Lipinski definition) is 1.